The number of amides is 1. The normalized spacial score (nSPS) is 27.5. The fourth-order valence-corrected chi connectivity index (χ4v) is 3.74. The summed E-state index contributed by atoms with van der Waals surface area (Å²) in [4.78, 5) is 12.6. The molecule has 2 atom stereocenters. The van der Waals surface area contributed by atoms with E-state index in [0.29, 0.717) is 23.7 Å². The number of halogens is 4. The largest absolute Gasteiger partial charge is 0.439 e. The van der Waals surface area contributed by atoms with E-state index < -0.39 is 23.7 Å². The average Bonchev–Trinajstić information content (AvgIpc) is 2.68. The SMILES string of the molecule is O=C(c1cccc(Br)c1)N1N=C2CCCCC[C@H]2[C@]1(O)C(F)(F)F. The lowest BCUT2D eigenvalue weighted by atomic mass is 9.87. The number of nitrogens with zero attached hydrogens (tertiary/aromatic N) is 2. The van der Waals surface area contributed by atoms with Gasteiger partial charge in [-0.25, -0.2) is 0 Å². The van der Waals surface area contributed by atoms with E-state index in [1.54, 1.807) is 12.1 Å². The summed E-state index contributed by atoms with van der Waals surface area (Å²) in [6.45, 7) is 0. The van der Waals surface area contributed by atoms with Gasteiger partial charge in [0.25, 0.3) is 11.6 Å². The maximum Gasteiger partial charge on any atom is 0.439 e. The number of hydrogen-bond donors (Lipinski definition) is 1. The Morgan fingerprint density at radius 1 is 1.33 bits per heavy atom. The molecule has 0 radical (unpaired) electrons. The quantitative estimate of drug-likeness (QED) is 0.765. The molecule has 8 heteroatoms. The number of hydrogen-bond acceptors (Lipinski definition) is 3. The molecule has 2 aliphatic rings. The van der Waals surface area contributed by atoms with E-state index in [4.69, 9.17) is 0 Å². The second-order valence-electron chi connectivity index (χ2n) is 6.09. The number of aliphatic hydroxyl groups is 1. The Morgan fingerprint density at radius 3 is 2.75 bits per heavy atom. The minimum absolute atomic E-state index is 0.0351. The summed E-state index contributed by atoms with van der Waals surface area (Å²) in [5.41, 5.74) is -2.99. The summed E-state index contributed by atoms with van der Waals surface area (Å²) in [6, 6.07) is 6.02. The minimum atomic E-state index is -4.99. The summed E-state index contributed by atoms with van der Waals surface area (Å²) in [7, 11) is 0. The van der Waals surface area contributed by atoms with Gasteiger partial charge >= 0.3 is 6.18 Å². The van der Waals surface area contributed by atoms with E-state index in [2.05, 4.69) is 21.0 Å². The molecular formula is C16H16BrF3N2O2. The number of carbonyl (C=O) groups is 1. The van der Waals surface area contributed by atoms with Gasteiger partial charge in [0.05, 0.1) is 5.92 Å². The monoisotopic (exact) mass is 404 g/mol. The van der Waals surface area contributed by atoms with Crippen LogP contribution in [0.4, 0.5) is 13.2 Å². The van der Waals surface area contributed by atoms with Crippen molar-refractivity contribution in [1.82, 2.24) is 5.01 Å². The molecule has 1 saturated carbocycles. The fraction of sp³-hybridized carbons (Fsp3) is 0.500. The molecule has 1 aromatic carbocycles. The van der Waals surface area contributed by atoms with Crippen LogP contribution >= 0.6 is 15.9 Å². The van der Waals surface area contributed by atoms with Crippen molar-refractivity contribution in [3.63, 3.8) is 0 Å². The van der Waals surface area contributed by atoms with Gasteiger partial charge in [0.2, 0.25) is 0 Å². The topological polar surface area (TPSA) is 52.9 Å². The highest BCUT2D eigenvalue weighted by molar-refractivity contribution is 9.10. The first-order chi connectivity index (χ1) is 11.2. The lowest BCUT2D eigenvalue weighted by Crippen LogP contribution is -2.61. The van der Waals surface area contributed by atoms with E-state index in [-0.39, 0.29) is 22.7 Å². The third-order valence-electron chi connectivity index (χ3n) is 4.55. The van der Waals surface area contributed by atoms with Gasteiger partial charge in [0.15, 0.2) is 0 Å². The molecule has 1 aliphatic heterocycles. The summed E-state index contributed by atoms with van der Waals surface area (Å²) in [5.74, 6) is -2.16. The van der Waals surface area contributed by atoms with E-state index in [0.717, 1.165) is 6.42 Å². The molecule has 1 heterocycles. The zero-order valence-electron chi connectivity index (χ0n) is 12.7. The first-order valence-electron chi connectivity index (χ1n) is 7.71. The lowest BCUT2D eigenvalue weighted by molar-refractivity contribution is -0.312. The van der Waals surface area contributed by atoms with E-state index in [1.165, 1.54) is 12.1 Å². The standard InChI is InChI=1S/C16H16BrF3N2O2/c17-11-6-4-5-10(9-11)14(23)22-15(24,16(18,19)20)12-7-2-1-3-8-13(12)21-22/h4-6,9,12,24H,1-3,7-8H2/t12-,15+/m1/s1. The van der Waals surface area contributed by atoms with Crippen LogP contribution in [0.1, 0.15) is 42.5 Å². The molecule has 3 rings (SSSR count). The smallest absolute Gasteiger partial charge is 0.362 e. The Bertz CT molecular complexity index is 692. The predicted octanol–water partition coefficient (Wildman–Crippen LogP) is 4.09. The van der Waals surface area contributed by atoms with Crippen molar-refractivity contribution in [2.45, 2.75) is 44.0 Å². The van der Waals surface area contributed by atoms with Crippen molar-refractivity contribution in [1.29, 1.82) is 0 Å². The maximum absolute atomic E-state index is 13.7. The lowest BCUT2D eigenvalue weighted by Gasteiger charge is -2.37. The van der Waals surface area contributed by atoms with Gasteiger partial charge in [-0.1, -0.05) is 34.8 Å². The van der Waals surface area contributed by atoms with Gasteiger partial charge in [-0.3, -0.25) is 4.79 Å². The van der Waals surface area contributed by atoms with Gasteiger partial charge < -0.3 is 5.11 Å². The van der Waals surface area contributed by atoms with E-state index in [9.17, 15) is 23.1 Å². The van der Waals surface area contributed by atoms with E-state index in [1.807, 2.05) is 0 Å². The Balaban J connectivity index is 2.05. The van der Waals surface area contributed by atoms with Gasteiger partial charge in [-0.05, 0) is 37.5 Å². The molecule has 1 aliphatic carbocycles. The van der Waals surface area contributed by atoms with Crippen LogP contribution in [0.3, 0.4) is 0 Å². The second-order valence-corrected chi connectivity index (χ2v) is 7.01. The minimum Gasteiger partial charge on any atom is -0.362 e. The van der Waals surface area contributed by atoms with Gasteiger partial charge in [-0.15, -0.1) is 0 Å². The molecule has 4 nitrogen and oxygen atoms in total. The number of alkyl halides is 3. The van der Waals surface area contributed by atoms with Crippen LogP contribution in [0.25, 0.3) is 0 Å². The average molecular weight is 405 g/mol. The van der Waals surface area contributed by atoms with Crippen LogP contribution in [0.15, 0.2) is 33.8 Å². The molecule has 1 N–H and O–H groups in total. The van der Waals surface area contributed by atoms with Crippen LogP contribution in [0.5, 0.6) is 0 Å². The molecule has 0 spiro atoms. The molecule has 1 fully saturated rings. The van der Waals surface area contributed by atoms with Gasteiger partial charge in [0, 0.05) is 15.7 Å². The van der Waals surface area contributed by atoms with Crippen LogP contribution < -0.4 is 0 Å². The molecule has 1 aromatic rings. The summed E-state index contributed by atoms with van der Waals surface area (Å²) < 4.78 is 41.7. The molecule has 0 aromatic heterocycles. The van der Waals surface area contributed by atoms with Crippen molar-refractivity contribution < 1.29 is 23.1 Å². The molecule has 130 valence electrons. The van der Waals surface area contributed by atoms with Crippen LogP contribution in [-0.2, 0) is 0 Å². The zero-order valence-corrected chi connectivity index (χ0v) is 14.3. The summed E-state index contributed by atoms with van der Waals surface area (Å²) in [6.07, 6.45) is -2.39. The zero-order chi connectivity index (χ0) is 17.5. The molecule has 1 amide bonds. The second kappa shape index (κ2) is 6.15. The molecule has 0 bridgehead atoms. The van der Waals surface area contributed by atoms with Gasteiger partial charge in [-0.2, -0.15) is 23.3 Å². The Kier molecular flexibility index (Phi) is 4.46. The van der Waals surface area contributed by atoms with Crippen LogP contribution in [0, 0.1) is 5.92 Å². The number of fused-ring (bicyclic) bond motifs is 1. The molecular weight excluding hydrogens is 389 g/mol. The Hall–Kier alpha value is -1.41. The van der Waals surface area contributed by atoms with Crippen molar-refractivity contribution in [2.75, 3.05) is 0 Å². The third-order valence-corrected chi connectivity index (χ3v) is 5.04. The molecule has 0 unspecified atom stereocenters. The molecule has 0 saturated heterocycles. The van der Waals surface area contributed by atoms with Crippen LogP contribution in [0.2, 0.25) is 0 Å². The highest BCUT2D eigenvalue weighted by Gasteiger charge is 2.68. The van der Waals surface area contributed by atoms with E-state index >= 15 is 0 Å². The van der Waals surface area contributed by atoms with Crippen LogP contribution in [-0.4, -0.2) is 33.6 Å². The Labute approximate surface area is 145 Å². The molecule has 24 heavy (non-hydrogen) atoms. The van der Waals surface area contributed by atoms with Crippen molar-refractivity contribution in [2.24, 2.45) is 11.0 Å². The Morgan fingerprint density at radius 2 is 2.08 bits per heavy atom. The summed E-state index contributed by atoms with van der Waals surface area (Å²) >= 11 is 3.19. The van der Waals surface area contributed by atoms with Gasteiger partial charge in [0.1, 0.15) is 0 Å². The number of carbonyl (C=O) groups excluding carboxylic acids is 1. The highest BCUT2D eigenvalue weighted by Crippen LogP contribution is 2.48. The number of rotatable bonds is 1. The van der Waals surface area contributed by atoms with Crippen molar-refractivity contribution in [3.8, 4) is 0 Å². The summed E-state index contributed by atoms with van der Waals surface area (Å²) in [5, 5.41) is 14.7. The first kappa shape index (κ1) is 17.4. The van der Waals surface area contributed by atoms with Crippen molar-refractivity contribution >= 4 is 27.5 Å². The first-order valence-corrected chi connectivity index (χ1v) is 8.51. The third kappa shape index (κ3) is 2.75. The predicted molar refractivity (Wildman–Crippen MR) is 85.3 cm³/mol. The number of hydrazone groups is 1. The maximum atomic E-state index is 13.7. The fourth-order valence-electron chi connectivity index (χ4n) is 3.34. The van der Waals surface area contributed by atoms with Crippen molar-refractivity contribution in [3.05, 3.63) is 34.3 Å². The highest BCUT2D eigenvalue weighted by atomic mass is 79.9. The number of benzene rings is 1.